The molecule has 1 aliphatic rings. The number of rotatable bonds is 6. The summed E-state index contributed by atoms with van der Waals surface area (Å²) in [6.45, 7) is -0.0978. The van der Waals surface area contributed by atoms with E-state index in [-0.39, 0.29) is 24.9 Å². The van der Waals surface area contributed by atoms with Gasteiger partial charge in [-0.3, -0.25) is 4.98 Å². The topological polar surface area (TPSA) is 87.3 Å². The zero-order chi connectivity index (χ0) is 21.2. The van der Waals surface area contributed by atoms with Crippen LogP contribution in [0.25, 0.3) is 10.9 Å². The number of aromatic nitrogens is 3. The van der Waals surface area contributed by atoms with Crippen molar-refractivity contribution in [3.8, 4) is 5.75 Å². The minimum atomic E-state index is -0.431. The molecule has 7 nitrogen and oxygen atoms in total. The molecule has 0 spiro atoms. The summed E-state index contributed by atoms with van der Waals surface area (Å²) in [5, 5.41) is 4.61. The van der Waals surface area contributed by atoms with Gasteiger partial charge in [-0.15, -0.1) is 0 Å². The molecule has 0 saturated heterocycles. The molecule has 0 amide bonds. The van der Waals surface area contributed by atoms with Crippen molar-refractivity contribution in [3.63, 3.8) is 0 Å². The van der Waals surface area contributed by atoms with Gasteiger partial charge >= 0.3 is 5.97 Å². The van der Waals surface area contributed by atoms with Gasteiger partial charge in [0, 0.05) is 11.1 Å². The minimum absolute atomic E-state index is 0.0472. The molecule has 156 valence electrons. The van der Waals surface area contributed by atoms with E-state index in [2.05, 4.69) is 15.1 Å². The molecule has 0 aliphatic heterocycles. The van der Waals surface area contributed by atoms with E-state index >= 15 is 0 Å². The predicted octanol–water partition coefficient (Wildman–Crippen LogP) is 4.18. The SMILES string of the molecule is O=C(OCc1nc(COc2ccc(F)cc2)no1)c1c2c(nc3ccccc13)CCC2. The van der Waals surface area contributed by atoms with Gasteiger partial charge in [-0.2, -0.15) is 4.98 Å². The van der Waals surface area contributed by atoms with Crippen molar-refractivity contribution in [2.45, 2.75) is 32.5 Å². The van der Waals surface area contributed by atoms with Gasteiger partial charge in [0.1, 0.15) is 11.6 Å². The number of ether oxygens (including phenoxy) is 2. The van der Waals surface area contributed by atoms with Gasteiger partial charge < -0.3 is 14.0 Å². The Bertz CT molecular complexity index is 1250. The number of carbonyl (C=O) groups excluding carboxylic acids is 1. The van der Waals surface area contributed by atoms with Gasteiger partial charge in [0.25, 0.3) is 5.89 Å². The summed E-state index contributed by atoms with van der Waals surface area (Å²) < 4.78 is 29.1. The number of halogens is 1. The summed E-state index contributed by atoms with van der Waals surface area (Å²) in [5.41, 5.74) is 3.27. The fourth-order valence-electron chi connectivity index (χ4n) is 3.73. The van der Waals surface area contributed by atoms with Crippen LogP contribution in [0.4, 0.5) is 4.39 Å². The second kappa shape index (κ2) is 8.14. The van der Waals surface area contributed by atoms with E-state index in [9.17, 15) is 9.18 Å². The van der Waals surface area contributed by atoms with Crippen molar-refractivity contribution in [3.05, 3.63) is 82.9 Å². The zero-order valence-corrected chi connectivity index (χ0v) is 16.5. The second-order valence-corrected chi connectivity index (χ2v) is 7.21. The van der Waals surface area contributed by atoms with Crippen LogP contribution in [0.5, 0.6) is 5.75 Å². The number of fused-ring (bicyclic) bond motifs is 2. The standard InChI is InChI=1S/C23H18FN3O4/c24-14-8-10-15(11-9-14)29-12-20-26-21(31-27-20)13-30-23(28)22-16-4-1-2-6-18(16)25-19-7-3-5-17(19)22/h1-2,4,6,8-11H,3,5,7,12-13H2. The molecule has 1 aliphatic carbocycles. The molecule has 0 bridgehead atoms. The van der Waals surface area contributed by atoms with E-state index < -0.39 is 5.97 Å². The fraction of sp³-hybridized carbons (Fsp3) is 0.217. The third-order valence-electron chi connectivity index (χ3n) is 5.14. The number of hydrogen-bond acceptors (Lipinski definition) is 7. The van der Waals surface area contributed by atoms with Crippen molar-refractivity contribution in [1.82, 2.24) is 15.1 Å². The Morgan fingerprint density at radius 1 is 1.03 bits per heavy atom. The third kappa shape index (κ3) is 3.96. The Kier molecular flexibility index (Phi) is 5.03. The van der Waals surface area contributed by atoms with E-state index in [1.54, 1.807) is 0 Å². The van der Waals surface area contributed by atoms with Crippen molar-refractivity contribution in [1.29, 1.82) is 0 Å². The Morgan fingerprint density at radius 2 is 1.87 bits per heavy atom. The third-order valence-corrected chi connectivity index (χ3v) is 5.14. The normalized spacial score (nSPS) is 12.7. The van der Waals surface area contributed by atoms with E-state index in [1.165, 1.54) is 24.3 Å². The fourth-order valence-corrected chi connectivity index (χ4v) is 3.73. The zero-order valence-electron chi connectivity index (χ0n) is 16.5. The first-order valence-electron chi connectivity index (χ1n) is 9.95. The van der Waals surface area contributed by atoms with E-state index in [0.717, 1.165) is 41.4 Å². The molecule has 0 fully saturated rings. The second-order valence-electron chi connectivity index (χ2n) is 7.21. The molecule has 31 heavy (non-hydrogen) atoms. The van der Waals surface area contributed by atoms with Gasteiger partial charge in [-0.05, 0) is 55.2 Å². The van der Waals surface area contributed by atoms with Crippen LogP contribution in [-0.4, -0.2) is 21.1 Å². The molecule has 4 aromatic rings. The Balaban J connectivity index is 1.27. The molecule has 2 aromatic heterocycles. The highest BCUT2D eigenvalue weighted by Crippen LogP contribution is 2.30. The van der Waals surface area contributed by atoms with Gasteiger partial charge in [0.15, 0.2) is 13.2 Å². The quantitative estimate of drug-likeness (QED) is 0.433. The molecule has 5 rings (SSSR count). The first-order valence-corrected chi connectivity index (χ1v) is 9.95. The highest BCUT2D eigenvalue weighted by molar-refractivity contribution is 6.05. The molecule has 2 aromatic carbocycles. The average molecular weight is 419 g/mol. The van der Waals surface area contributed by atoms with E-state index in [4.69, 9.17) is 14.0 Å². The molecular formula is C23H18FN3O4. The Morgan fingerprint density at radius 3 is 2.74 bits per heavy atom. The van der Waals surface area contributed by atoms with Crippen molar-refractivity contribution >= 4 is 16.9 Å². The molecular weight excluding hydrogens is 401 g/mol. The number of hydrogen-bond donors (Lipinski definition) is 0. The van der Waals surface area contributed by atoms with Crippen LogP contribution in [0.15, 0.2) is 53.1 Å². The van der Waals surface area contributed by atoms with Crippen LogP contribution in [-0.2, 0) is 30.8 Å². The van der Waals surface area contributed by atoms with Gasteiger partial charge in [-0.25, -0.2) is 9.18 Å². The number of nitrogens with zero attached hydrogens (tertiary/aromatic N) is 3. The summed E-state index contributed by atoms with van der Waals surface area (Å²) in [4.78, 5) is 21.8. The monoisotopic (exact) mass is 419 g/mol. The highest BCUT2D eigenvalue weighted by atomic mass is 19.1. The minimum Gasteiger partial charge on any atom is -0.485 e. The average Bonchev–Trinajstić information content (AvgIpc) is 3.44. The maximum atomic E-state index is 12.9. The number of pyridine rings is 1. The van der Waals surface area contributed by atoms with E-state index in [1.807, 2.05) is 24.3 Å². The summed E-state index contributed by atoms with van der Waals surface area (Å²) in [7, 11) is 0. The lowest BCUT2D eigenvalue weighted by atomic mass is 10.0. The number of aryl methyl sites for hydroxylation is 1. The Hall–Kier alpha value is -3.81. The molecule has 0 radical (unpaired) electrons. The molecule has 0 N–H and O–H groups in total. The summed E-state index contributed by atoms with van der Waals surface area (Å²) in [5.74, 6) is 0.173. The highest BCUT2D eigenvalue weighted by Gasteiger charge is 2.25. The molecule has 2 heterocycles. The number of para-hydroxylation sites is 1. The van der Waals surface area contributed by atoms with Crippen LogP contribution < -0.4 is 4.74 Å². The number of carbonyl (C=O) groups is 1. The lowest BCUT2D eigenvalue weighted by Crippen LogP contribution is -2.10. The number of benzene rings is 2. The van der Waals surface area contributed by atoms with Crippen LogP contribution in [0.2, 0.25) is 0 Å². The summed E-state index contributed by atoms with van der Waals surface area (Å²) in [6.07, 6.45) is 2.64. The van der Waals surface area contributed by atoms with Crippen molar-refractivity contribution < 1.29 is 23.2 Å². The lowest BCUT2D eigenvalue weighted by Gasteiger charge is -2.11. The van der Waals surface area contributed by atoms with Gasteiger partial charge in [-0.1, -0.05) is 23.4 Å². The largest absolute Gasteiger partial charge is 0.485 e. The first kappa shape index (κ1) is 19.2. The smallest absolute Gasteiger partial charge is 0.339 e. The van der Waals surface area contributed by atoms with Crippen LogP contribution in [0.1, 0.15) is 39.8 Å². The maximum Gasteiger partial charge on any atom is 0.339 e. The maximum absolute atomic E-state index is 12.9. The lowest BCUT2D eigenvalue weighted by molar-refractivity contribution is 0.0431. The Labute approximate surface area is 176 Å². The molecule has 0 atom stereocenters. The van der Waals surface area contributed by atoms with Crippen LogP contribution in [0.3, 0.4) is 0 Å². The van der Waals surface area contributed by atoms with Crippen molar-refractivity contribution in [2.75, 3.05) is 0 Å². The molecule has 0 unspecified atom stereocenters. The predicted molar refractivity (Wildman–Crippen MR) is 108 cm³/mol. The molecule has 0 saturated carbocycles. The van der Waals surface area contributed by atoms with Crippen LogP contribution >= 0.6 is 0 Å². The number of esters is 1. The van der Waals surface area contributed by atoms with E-state index in [0.29, 0.717) is 17.1 Å². The van der Waals surface area contributed by atoms with Gasteiger partial charge in [0.2, 0.25) is 5.82 Å². The van der Waals surface area contributed by atoms with Crippen molar-refractivity contribution in [2.24, 2.45) is 0 Å². The van der Waals surface area contributed by atoms with Crippen LogP contribution in [0, 0.1) is 5.82 Å². The molecule has 8 heteroatoms. The summed E-state index contributed by atoms with van der Waals surface area (Å²) >= 11 is 0. The summed E-state index contributed by atoms with van der Waals surface area (Å²) in [6, 6.07) is 13.2. The van der Waals surface area contributed by atoms with Gasteiger partial charge in [0.05, 0.1) is 11.1 Å². The first-order chi connectivity index (χ1) is 15.2.